The second-order valence-corrected chi connectivity index (χ2v) is 12.6. The minimum atomic E-state index is 0.624. The first kappa shape index (κ1) is 30.4. The fourth-order valence-corrected chi connectivity index (χ4v) is 7.35. The molecule has 1 amide bonds. The molecular weight excluding hydrogens is 568 g/mol. The number of nitrogens with zero attached hydrogens (tertiary/aromatic N) is 4. The highest BCUT2D eigenvalue weighted by Gasteiger charge is 2.46. The van der Waals surface area contributed by atoms with Crippen molar-refractivity contribution in [3.8, 4) is 0 Å². The SMILES string of the molecule is Cc1nc2c(n1C1CC3C[C@@H](C1)N3CCCNc1ccc(Cl)cc1)CCN(Cc1ccccc1)C2.O=CNc1ccccc1. The van der Waals surface area contributed by atoms with Crippen molar-refractivity contribution in [2.75, 3.05) is 30.3 Å². The Kier molecular flexibility index (Phi) is 9.96. The summed E-state index contributed by atoms with van der Waals surface area (Å²) in [6.45, 7) is 7.54. The summed E-state index contributed by atoms with van der Waals surface area (Å²) < 4.78 is 2.63. The maximum absolute atomic E-state index is 9.86. The van der Waals surface area contributed by atoms with Crippen LogP contribution in [0.5, 0.6) is 0 Å². The molecule has 44 heavy (non-hydrogen) atoms. The molecule has 2 N–H and O–H groups in total. The maximum Gasteiger partial charge on any atom is 0.211 e. The molecule has 4 heterocycles. The van der Waals surface area contributed by atoms with Crippen LogP contribution in [0.4, 0.5) is 11.4 Å². The van der Waals surface area contributed by atoms with E-state index in [4.69, 9.17) is 16.6 Å². The first-order valence-electron chi connectivity index (χ1n) is 15.9. The van der Waals surface area contributed by atoms with Crippen LogP contribution in [0.1, 0.15) is 54.5 Å². The molecule has 2 saturated heterocycles. The summed E-state index contributed by atoms with van der Waals surface area (Å²) in [7, 11) is 0. The Morgan fingerprint density at radius 2 is 1.57 bits per heavy atom. The van der Waals surface area contributed by atoms with Gasteiger partial charge in [-0.25, -0.2) is 4.98 Å². The monoisotopic (exact) mass is 610 g/mol. The Hall–Kier alpha value is -3.65. The predicted molar refractivity (Wildman–Crippen MR) is 179 cm³/mol. The number of aryl methyl sites for hydroxylation is 1. The van der Waals surface area contributed by atoms with E-state index in [1.54, 1.807) is 0 Å². The summed E-state index contributed by atoms with van der Waals surface area (Å²) in [5.41, 5.74) is 6.20. The Morgan fingerprint density at radius 1 is 0.886 bits per heavy atom. The number of anilines is 2. The van der Waals surface area contributed by atoms with Gasteiger partial charge in [0.05, 0.1) is 5.69 Å². The number of hydrogen-bond acceptors (Lipinski definition) is 5. The van der Waals surface area contributed by atoms with Gasteiger partial charge in [-0.15, -0.1) is 0 Å². The zero-order chi connectivity index (χ0) is 30.3. The molecule has 3 fully saturated rings. The molecule has 230 valence electrons. The molecule has 8 rings (SSSR count). The van der Waals surface area contributed by atoms with E-state index >= 15 is 0 Å². The molecule has 7 nitrogen and oxygen atoms in total. The van der Waals surface area contributed by atoms with Gasteiger partial charge in [0.1, 0.15) is 5.82 Å². The average Bonchev–Trinajstić information content (AvgIpc) is 3.38. The van der Waals surface area contributed by atoms with Crippen LogP contribution in [-0.2, 0) is 24.3 Å². The number of piperidine rings is 1. The van der Waals surface area contributed by atoms with Crippen molar-refractivity contribution in [1.29, 1.82) is 0 Å². The Morgan fingerprint density at radius 3 is 2.27 bits per heavy atom. The topological polar surface area (TPSA) is 65.4 Å². The summed E-state index contributed by atoms with van der Waals surface area (Å²) in [5.74, 6) is 1.22. The van der Waals surface area contributed by atoms with E-state index in [1.165, 1.54) is 55.0 Å². The number of benzene rings is 3. The summed E-state index contributed by atoms with van der Waals surface area (Å²) in [6, 6.07) is 30.2. The van der Waals surface area contributed by atoms with Crippen LogP contribution in [0.3, 0.4) is 0 Å². The molecule has 8 heteroatoms. The normalized spacial score (nSPS) is 20.9. The fraction of sp³-hybridized carbons (Fsp3) is 0.389. The Balaban J connectivity index is 0.000000329. The Bertz CT molecular complexity index is 1480. The molecule has 2 bridgehead atoms. The highest BCUT2D eigenvalue weighted by atomic mass is 35.5. The minimum Gasteiger partial charge on any atom is -0.385 e. The third kappa shape index (κ3) is 7.34. The lowest BCUT2D eigenvalue weighted by molar-refractivity contribution is -0.105. The van der Waals surface area contributed by atoms with Gasteiger partial charge in [-0.05, 0) is 74.6 Å². The largest absolute Gasteiger partial charge is 0.385 e. The van der Waals surface area contributed by atoms with E-state index in [0.717, 1.165) is 61.1 Å². The molecule has 3 aromatic carbocycles. The van der Waals surface area contributed by atoms with Crippen LogP contribution in [0.2, 0.25) is 5.02 Å². The zero-order valence-corrected chi connectivity index (χ0v) is 26.3. The molecule has 4 aromatic rings. The maximum atomic E-state index is 9.86. The smallest absolute Gasteiger partial charge is 0.211 e. The number of carbonyl (C=O) groups is 1. The third-order valence-electron chi connectivity index (χ3n) is 9.26. The quantitative estimate of drug-likeness (QED) is 0.150. The number of aromatic nitrogens is 2. The van der Waals surface area contributed by atoms with Gasteiger partial charge in [0, 0.05) is 79.4 Å². The van der Waals surface area contributed by atoms with Crippen LogP contribution in [0.25, 0.3) is 0 Å². The van der Waals surface area contributed by atoms with Crippen molar-refractivity contribution in [3.05, 3.63) is 113 Å². The van der Waals surface area contributed by atoms with Gasteiger partial charge in [0.2, 0.25) is 6.41 Å². The predicted octanol–water partition coefficient (Wildman–Crippen LogP) is 6.94. The Labute approximate surface area is 266 Å². The number of hydrogen-bond donors (Lipinski definition) is 2. The second kappa shape index (κ2) is 14.4. The number of fused-ring (bicyclic) bond motifs is 3. The standard InChI is InChI=1S/C29H36ClN5.C7H7NO/c1-21-32-28-20-33(19-22-6-3-2-4-7-22)15-12-29(28)35(21)27-17-25-16-26(18-27)34(25)14-5-13-31-24-10-8-23(30)9-11-24;9-6-8-7-4-2-1-3-5-7/h2-4,6-11,25-27,31H,5,12-20H2,1H3;1-6H,(H,8,9)/t25-,26?,27?;/m0./s1. The van der Waals surface area contributed by atoms with Crippen LogP contribution in [0, 0.1) is 6.92 Å². The summed E-state index contributed by atoms with van der Waals surface area (Å²) in [6.07, 6.45) is 6.89. The molecule has 4 aliphatic rings. The first-order valence-corrected chi connectivity index (χ1v) is 16.3. The van der Waals surface area contributed by atoms with Crippen molar-refractivity contribution in [3.63, 3.8) is 0 Å². The van der Waals surface area contributed by atoms with Gasteiger partial charge in [0.25, 0.3) is 0 Å². The van der Waals surface area contributed by atoms with Crippen molar-refractivity contribution in [2.24, 2.45) is 0 Å². The summed E-state index contributed by atoms with van der Waals surface area (Å²) in [4.78, 5) is 20.2. The average molecular weight is 611 g/mol. The van der Waals surface area contributed by atoms with Crippen molar-refractivity contribution >= 4 is 29.4 Å². The van der Waals surface area contributed by atoms with Crippen molar-refractivity contribution in [2.45, 2.75) is 70.2 Å². The molecule has 1 aromatic heterocycles. The lowest BCUT2D eigenvalue weighted by atomic mass is 9.76. The molecule has 1 aliphatic carbocycles. The lowest BCUT2D eigenvalue weighted by Crippen LogP contribution is -2.61. The van der Waals surface area contributed by atoms with E-state index in [1.807, 2.05) is 42.5 Å². The first-order chi connectivity index (χ1) is 21.6. The van der Waals surface area contributed by atoms with Crippen LogP contribution in [0.15, 0.2) is 84.9 Å². The molecule has 2 unspecified atom stereocenters. The van der Waals surface area contributed by atoms with Gasteiger partial charge >= 0.3 is 0 Å². The minimum absolute atomic E-state index is 0.624. The van der Waals surface area contributed by atoms with Crippen LogP contribution in [-0.4, -0.2) is 57.5 Å². The summed E-state index contributed by atoms with van der Waals surface area (Å²) in [5, 5.41) is 6.85. The molecule has 0 radical (unpaired) electrons. The van der Waals surface area contributed by atoms with Crippen LogP contribution < -0.4 is 10.6 Å². The van der Waals surface area contributed by atoms with Crippen LogP contribution >= 0.6 is 11.6 Å². The number of rotatable bonds is 10. The van der Waals surface area contributed by atoms with Gasteiger partial charge < -0.3 is 15.2 Å². The lowest BCUT2D eigenvalue weighted by Gasteiger charge is -2.56. The second-order valence-electron chi connectivity index (χ2n) is 12.2. The van der Waals surface area contributed by atoms with Gasteiger partial charge in [-0.3, -0.25) is 14.6 Å². The van der Waals surface area contributed by atoms with E-state index in [2.05, 4.69) is 74.4 Å². The van der Waals surface area contributed by atoms with E-state index in [-0.39, 0.29) is 0 Å². The number of imidazole rings is 1. The van der Waals surface area contributed by atoms with Crippen molar-refractivity contribution in [1.82, 2.24) is 19.4 Å². The number of nitrogens with one attached hydrogen (secondary N) is 2. The summed E-state index contributed by atoms with van der Waals surface area (Å²) >= 11 is 5.99. The van der Waals surface area contributed by atoms with Gasteiger partial charge in [-0.1, -0.05) is 60.1 Å². The van der Waals surface area contributed by atoms with E-state index in [9.17, 15) is 4.79 Å². The van der Waals surface area contributed by atoms with Crippen molar-refractivity contribution < 1.29 is 4.79 Å². The highest BCUT2D eigenvalue weighted by molar-refractivity contribution is 6.30. The molecule has 0 spiro atoms. The fourth-order valence-electron chi connectivity index (χ4n) is 7.23. The highest BCUT2D eigenvalue weighted by Crippen LogP contribution is 2.44. The molecule has 1 saturated carbocycles. The zero-order valence-electron chi connectivity index (χ0n) is 25.5. The third-order valence-corrected chi connectivity index (χ3v) is 9.51. The number of halogens is 1. The number of carbonyl (C=O) groups excluding carboxylic acids is 1. The number of amides is 1. The molecular formula is C36H43ClN6O. The van der Waals surface area contributed by atoms with Gasteiger partial charge in [-0.2, -0.15) is 0 Å². The molecule has 3 atom stereocenters. The van der Waals surface area contributed by atoms with Gasteiger partial charge in [0.15, 0.2) is 0 Å². The van der Waals surface area contributed by atoms with E-state index in [0.29, 0.717) is 12.5 Å². The van der Waals surface area contributed by atoms with E-state index < -0.39 is 0 Å². The molecule has 3 aliphatic heterocycles. The number of para-hydroxylation sites is 1.